The summed E-state index contributed by atoms with van der Waals surface area (Å²) in [6, 6.07) is 9.87. The molecule has 0 saturated carbocycles. The monoisotopic (exact) mass is 282 g/mol. The fourth-order valence-corrected chi connectivity index (χ4v) is 2.55. The van der Waals surface area contributed by atoms with Gasteiger partial charge in [0, 0.05) is 36.2 Å². The predicted molar refractivity (Wildman–Crippen MR) is 71.5 cm³/mol. The van der Waals surface area contributed by atoms with Crippen LogP contribution in [0, 0.1) is 0 Å². The van der Waals surface area contributed by atoms with Crippen molar-refractivity contribution in [1.29, 1.82) is 0 Å². The number of piperazine rings is 1. The molecular formula is C13H19BrN2. The maximum atomic E-state index is 3.47. The first-order chi connectivity index (χ1) is 7.66. The zero-order valence-corrected chi connectivity index (χ0v) is 11.5. The molecule has 1 N–H and O–H groups in total. The molecule has 0 radical (unpaired) electrons. The van der Waals surface area contributed by atoms with Crippen LogP contribution in [-0.2, 0) is 6.54 Å². The molecular weight excluding hydrogens is 264 g/mol. The van der Waals surface area contributed by atoms with Gasteiger partial charge in [-0.25, -0.2) is 0 Å². The number of hydrogen-bond donors (Lipinski definition) is 1. The van der Waals surface area contributed by atoms with Crippen LogP contribution in [0.15, 0.2) is 28.7 Å². The highest BCUT2D eigenvalue weighted by atomic mass is 79.9. The molecule has 1 saturated heterocycles. The summed E-state index contributed by atoms with van der Waals surface area (Å²) < 4.78 is 1.15. The number of rotatable bonds is 2. The van der Waals surface area contributed by atoms with E-state index in [9.17, 15) is 0 Å². The van der Waals surface area contributed by atoms with Gasteiger partial charge >= 0.3 is 0 Å². The lowest BCUT2D eigenvalue weighted by molar-refractivity contribution is 0.109. The van der Waals surface area contributed by atoms with Crippen LogP contribution in [0.5, 0.6) is 0 Å². The second-order valence-electron chi connectivity index (χ2n) is 4.66. The zero-order chi connectivity index (χ0) is 11.5. The summed E-state index contributed by atoms with van der Waals surface area (Å²) in [6.07, 6.45) is 0. The van der Waals surface area contributed by atoms with Crippen LogP contribution >= 0.6 is 15.9 Å². The Balaban J connectivity index is 2.04. The van der Waals surface area contributed by atoms with Crippen LogP contribution in [0.3, 0.4) is 0 Å². The second-order valence-corrected chi connectivity index (χ2v) is 5.57. The van der Waals surface area contributed by atoms with Crippen molar-refractivity contribution in [3.8, 4) is 0 Å². The average molecular weight is 283 g/mol. The standard InChI is InChI=1S/C13H19BrN2/c1-10-7-15-8-11(2)16(10)9-12-3-5-13(14)6-4-12/h3-6,10-11,15H,7-9H2,1-2H3/t10-,11+. The number of hydrogen-bond acceptors (Lipinski definition) is 2. The number of benzene rings is 1. The molecule has 1 aromatic carbocycles. The first-order valence-corrected chi connectivity index (χ1v) is 6.67. The van der Waals surface area contributed by atoms with Gasteiger partial charge in [0.1, 0.15) is 0 Å². The van der Waals surface area contributed by atoms with E-state index in [2.05, 4.69) is 64.3 Å². The Labute approximate surface area is 106 Å². The molecule has 1 fully saturated rings. The largest absolute Gasteiger partial charge is 0.314 e. The van der Waals surface area contributed by atoms with Gasteiger partial charge in [0.25, 0.3) is 0 Å². The van der Waals surface area contributed by atoms with E-state index in [1.54, 1.807) is 0 Å². The Kier molecular flexibility index (Phi) is 4.00. The van der Waals surface area contributed by atoms with E-state index in [4.69, 9.17) is 0 Å². The first-order valence-electron chi connectivity index (χ1n) is 5.87. The van der Waals surface area contributed by atoms with Gasteiger partial charge in [-0.15, -0.1) is 0 Å². The Hall–Kier alpha value is -0.380. The highest BCUT2D eigenvalue weighted by molar-refractivity contribution is 9.10. The average Bonchev–Trinajstić information content (AvgIpc) is 2.26. The van der Waals surface area contributed by atoms with E-state index >= 15 is 0 Å². The third-order valence-corrected chi connectivity index (χ3v) is 3.82. The minimum absolute atomic E-state index is 0.618. The van der Waals surface area contributed by atoms with Gasteiger partial charge in [-0.3, -0.25) is 4.90 Å². The van der Waals surface area contributed by atoms with E-state index in [1.807, 2.05) is 0 Å². The summed E-state index contributed by atoms with van der Waals surface area (Å²) in [7, 11) is 0. The normalized spacial score (nSPS) is 26.9. The molecule has 16 heavy (non-hydrogen) atoms. The van der Waals surface area contributed by atoms with Crippen LogP contribution in [0.1, 0.15) is 19.4 Å². The maximum Gasteiger partial charge on any atom is 0.0240 e. The molecule has 0 unspecified atom stereocenters. The Bertz CT molecular complexity index is 326. The lowest BCUT2D eigenvalue weighted by atomic mass is 10.1. The van der Waals surface area contributed by atoms with Gasteiger partial charge in [0.15, 0.2) is 0 Å². The lowest BCUT2D eigenvalue weighted by Gasteiger charge is -2.39. The molecule has 0 bridgehead atoms. The molecule has 2 rings (SSSR count). The van der Waals surface area contributed by atoms with Crippen LogP contribution in [-0.4, -0.2) is 30.1 Å². The number of nitrogens with one attached hydrogen (secondary N) is 1. The molecule has 0 amide bonds. The third-order valence-electron chi connectivity index (χ3n) is 3.29. The highest BCUT2D eigenvalue weighted by Crippen LogP contribution is 2.16. The minimum atomic E-state index is 0.618. The molecule has 3 heteroatoms. The van der Waals surface area contributed by atoms with E-state index in [-0.39, 0.29) is 0 Å². The summed E-state index contributed by atoms with van der Waals surface area (Å²) in [5, 5.41) is 3.46. The minimum Gasteiger partial charge on any atom is -0.314 e. The van der Waals surface area contributed by atoms with Gasteiger partial charge in [0.2, 0.25) is 0 Å². The molecule has 0 aromatic heterocycles. The van der Waals surface area contributed by atoms with Crippen molar-refractivity contribution in [1.82, 2.24) is 10.2 Å². The van der Waals surface area contributed by atoms with E-state index in [1.165, 1.54) is 5.56 Å². The van der Waals surface area contributed by atoms with Crippen LogP contribution < -0.4 is 5.32 Å². The van der Waals surface area contributed by atoms with Gasteiger partial charge in [-0.2, -0.15) is 0 Å². The number of halogens is 1. The molecule has 1 heterocycles. The van der Waals surface area contributed by atoms with E-state index in [0.29, 0.717) is 12.1 Å². The van der Waals surface area contributed by atoms with Crippen molar-refractivity contribution in [3.05, 3.63) is 34.3 Å². The van der Waals surface area contributed by atoms with Crippen molar-refractivity contribution in [2.75, 3.05) is 13.1 Å². The Morgan fingerprint density at radius 3 is 2.31 bits per heavy atom. The number of nitrogens with zero attached hydrogens (tertiary/aromatic N) is 1. The van der Waals surface area contributed by atoms with Crippen molar-refractivity contribution < 1.29 is 0 Å². The van der Waals surface area contributed by atoms with Gasteiger partial charge in [-0.05, 0) is 31.5 Å². The van der Waals surface area contributed by atoms with Crippen molar-refractivity contribution in [2.24, 2.45) is 0 Å². The summed E-state index contributed by atoms with van der Waals surface area (Å²) >= 11 is 3.47. The predicted octanol–water partition coefficient (Wildman–Crippen LogP) is 2.63. The topological polar surface area (TPSA) is 15.3 Å². The van der Waals surface area contributed by atoms with E-state index < -0.39 is 0 Å². The zero-order valence-electron chi connectivity index (χ0n) is 9.91. The summed E-state index contributed by atoms with van der Waals surface area (Å²) in [5.74, 6) is 0. The smallest absolute Gasteiger partial charge is 0.0240 e. The summed E-state index contributed by atoms with van der Waals surface area (Å²) in [4.78, 5) is 2.57. The molecule has 1 aliphatic heterocycles. The fourth-order valence-electron chi connectivity index (χ4n) is 2.28. The van der Waals surface area contributed by atoms with Gasteiger partial charge in [-0.1, -0.05) is 28.1 Å². The summed E-state index contributed by atoms with van der Waals surface area (Å²) in [5.41, 5.74) is 1.39. The molecule has 2 nitrogen and oxygen atoms in total. The van der Waals surface area contributed by atoms with Crippen LogP contribution in [0.4, 0.5) is 0 Å². The Morgan fingerprint density at radius 2 is 1.75 bits per heavy atom. The maximum absolute atomic E-state index is 3.47. The SMILES string of the molecule is C[C@@H]1CNC[C@H](C)N1Cc1ccc(Br)cc1. The second kappa shape index (κ2) is 5.30. The van der Waals surface area contributed by atoms with Gasteiger partial charge < -0.3 is 5.32 Å². The first kappa shape index (κ1) is 12.1. The van der Waals surface area contributed by atoms with Crippen molar-refractivity contribution in [3.63, 3.8) is 0 Å². The highest BCUT2D eigenvalue weighted by Gasteiger charge is 2.23. The van der Waals surface area contributed by atoms with E-state index in [0.717, 1.165) is 24.1 Å². The van der Waals surface area contributed by atoms with Crippen LogP contribution in [0.25, 0.3) is 0 Å². The van der Waals surface area contributed by atoms with Crippen molar-refractivity contribution in [2.45, 2.75) is 32.5 Å². The molecule has 0 spiro atoms. The molecule has 2 atom stereocenters. The fraction of sp³-hybridized carbons (Fsp3) is 0.538. The lowest BCUT2D eigenvalue weighted by Crippen LogP contribution is -2.54. The quantitative estimate of drug-likeness (QED) is 0.897. The molecule has 1 aromatic rings. The molecule has 0 aliphatic carbocycles. The third kappa shape index (κ3) is 2.84. The van der Waals surface area contributed by atoms with Crippen LogP contribution in [0.2, 0.25) is 0 Å². The van der Waals surface area contributed by atoms with Crippen molar-refractivity contribution >= 4 is 15.9 Å². The Morgan fingerprint density at radius 1 is 1.19 bits per heavy atom. The van der Waals surface area contributed by atoms with Gasteiger partial charge in [0.05, 0.1) is 0 Å². The molecule has 88 valence electrons. The molecule has 1 aliphatic rings. The summed E-state index contributed by atoms with van der Waals surface area (Å²) in [6.45, 7) is 7.84.